The van der Waals surface area contributed by atoms with Gasteiger partial charge in [0, 0.05) is 5.56 Å². The molecule has 2 amide bonds. The Bertz CT molecular complexity index is 1190. The normalized spacial score (nSPS) is 22.8. The van der Waals surface area contributed by atoms with Crippen LogP contribution in [0.15, 0.2) is 72.8 Å². The number of benzene rings is 3. The molecule has 6 nitrogen and oxygen atoms in total. The summed E-state index contributed by atoms with van der Waals surface area (Å²) in [6, 6.07) is 19.8. The largest absolute Gasteiger partial charge is 0.508 e. The van der Waals surface area contributed by atoms with Crippen molar-refractivity contribution < 1.29 is 19.5 Å². The van der Waals surface area contributed by atoms with E-state index < -0.39 is 29.9 Å². The Balaban J connectivity index is 1.60. The number of imide groups is 1. The molecule has 0 unspecified atom stereocenters. The third-order valence-electron chi connectivity index (χ3n) is 5.54. The molecule has 2 fully saturated rings. The summed E-state index contributed by atoms with van der Waals surface area (Å²) in [5, 5.41) is 12.6. The van der Waals surface area contributed by atoms with Gasteiger partial charge >= 0.3 is 0 Å². The van der Waals surface area contributed by atoms with Gasteiger partial charge in [0.1, 0.15) is 11.7 Å². The van der Waals surface area contributed by atoms with E-state index in [2.05, 4.69) is 0 Å². The molecule has 8 heteroatoms. The van der Waals surface area contributed by atoms with Crippen molar-refractivity contribution in [1.29, 1.82) is 0 Å². The molecule has 156 valence electrons. The maximum Gasteiger partial charge on any atom is 0.266 e. The highest BCUT2D eigenvalue weighted by Gasteiger charge is 2.60. The summed E-state index contributed by atoms with van der Waals surface area (Å²) in [5.41, 5.74) is 1.49. The van der Waals surface area contributed by atoms with E-state index in [-0.39, 0.29) is 10.8 Å². The zero-order valence-corrected chi connectivity index (χ0v) is 17.5. The lowest BCUT2D eigenvalue weighted by molar-refractivity contribution is -0.126. The van der Waals surface area contributed by atoms with Gasteiger partial charge in [-0.2, -0.15) is 0 Å². The predicted octanol–water partition coefficient (Wildman–Crippen LogP) is 4.75. The number of phenolic OH excluding ortho intramolecular Hbond substituents is 1. The zero-order chi connectivity index (χ0) is 21.7. The molecule has 2 heterocycles. The van der Waals surface area contributed by atoms with Gasteiger partial charge in [-0.1, -0.05) is 59.6 Å². The molecular weight excluding hydrogens is 439 g/mol. The van der Waals surface area contributed by atoms with Crippen LogP contribution in [-0.2, 0) is 14.4 Å². The number of carbonyl (C=O) groups excluding carboxylic acids is 2. The van der Waals surface area contributed by atoms with Gasteiger partial charge in [-0.3, -0.25) is 14.4 Å². The number of hydrogen-bond acceptors (Lipinski definition) is 5. The Kier molecular flexibility index (Phi) is 4.85. The van der Waals surface area contributed by atoms with Crippen LogP contribution in [-0.4, -0.2) is 23.0 Å². The molecule has 0 spiro atoms. The monoisotopic (exact) mass is 454 g/mol. The van der Waals surface area contributed by atoms with Crippen molar-refractivity contribution in [2.75, 3.05) is 9.96 Å². The first-order valence-electron chi connectivity index (χ1n) is 9.59. The molecular formula is C23H16Cl2N2O4. The van der Waals surface area contributed by atoms with E-state index >= 15 is 0 Å². The van der Waals surface area contributed by atoms with Crippen molar-refractivity contribution in [2.24, 2.45) is 5.92 Å². The molecule has 0 aliphatic carbocycles. The van der Waals surface area contributed by atoms with Crippen LogP contribution in [0.2, 0.25) is 10.0 Å². The lowest BCUT2D eigenvalue weighted by Crippen LogP contribution is -2.37. The Morgan fingerprint density at radius 3 is 2.23 bits per heavy atom. The standard InChI is InChI=1S/C23H16Cl2N2O4/c24-16-11-10-14(12-17(16)25)26-22(29)19-20(15-8-4-5-9-18(15)28)27(31-21(19)23(26)30)13-6-2-1-3-7-13/h1-12,19-21,28H/t19-,20+,21+/m0/s1. The van der Waals surface area contributed by atoms with E-state index in [1.54, 1.807) is 30.3 Å². The molecule has 1 N–H and O–H groups in total. The van der Waals surface area contributed by atoms with Crippen LogP contribution in [0, 0.1) is 5.92 Å². The number of para-hydroxylation sites is 2. The molecule has 31 heavy (non-hydrogen) atoms. The number of phenols is 1. The van der Waals surface area contributed by atoms with Gasteiger partial charge in [0.2, 0.25) is 5.91 Å². The van der Waals surface area contributed by atoms with Gasteiger partial charge in [0.05, 0.1) is 27.5 Å². The highest BCUT2D eigenvalue weighted by molar-refractivity contribution is 6.42. The van der Waals surface area contributed by atoms with Crippen LogP contribution in [0.1, 0.15) is 11.6 Å². The molecule has 0 saturated carbocycles. The molecule has 0 radical (unpaired) electrons. The fourth-order valence-corrected chi connectivity index (χ4v) is 4.44. The number of rotatable bonds is 3. The lowest BCUT2D eigenvalue weighted by Gasteiger charge is -2.29. The van der Waals surface area contributed by atoms with E-state index in [4.69, 9.17) is 28.0 Å². The topological polar surface area (TPSA) is 70.1 Å². The average Bonchev–Trinajstić information content (AvgIpc) is 3.27. The summed E-state index contributed by atoms with van der Waals surface area (Å²) in [4.78, 5) is 33.9. The van der Waals surface area contributed by atoms with E-state index in [0.717, 1.165) is 4.90 Å². The van der Waals surface area contributed by atoms with E-state index in [1.807, 2.05) is 30.3 Å². The average molecular weight is 455 g/mol. The first-order valence-corrected chi connectivity index (χ1v) is 10.3. The summed E-state index contributed by atoms with van der Waals surface area (Å²) < 4.78 is 0. The zero-order valence-electron chi connectivity index (χ0n) is 16.0. The number of hydrogen-bond donors (Lipinski definition) is 1. The number of hydroxylamine groups is 1. The lowest BCUT2D eigenvalue weighted by atomic mass is 9.90. The van der Waals surface area contributed by atoms with Gasteiger partial charge in [-0.15, -0.1) is 0 Å². The molecule has 2 aliphatic heterocycles. The van der Waals surface area contributed by atoms with Crippen molar-refractivity contribution in [1.82, 2.24) is 0 Å². The first kappa shape index (κ1) is 19.9. The van der Waals surface area contributed by atoms with E-state index in [1.165, 1.54) is 17.2 Å². The number of anilines is 2. The predicted molar refractivity (Wildman–Crippen MR) is 117 cm³/mol. The van der Waals surface area contributed by atoms with Crippen molar-refractivity contribution in [3.63, 3.8) is 0 Å². The highest BCUT2D eigenvalue weighted by Crippen LogP contribution is 2.49. The first-order chi connectivity index (χ1) is 15.0. The second-order valence-corrected chi connectivity index (χ2v) is 8.14. The molecule has 3 atom stereocenters. The molecule has 0 bridgehead atoms. The minimum atomic E-state index is -1.04. The quantitative estimate of drug-likeness (QED) is 0.578. The molecule has 5 rings (SSSR count). The number of amides is 2. The Labute approximate surface area is 188 Å². The third kappa shape index (κ3) is 3.15. The fourth-order valence-electron chi connectivity index (χ4n) is 4.15. The Morgan fingerprint density at radius 2 is 1.52 bits per heavy atom. The van der Waals surface area contributed by atoms with Crippen LogP contribution < -0.4 is 9.96 Å². The summed E-state index contributed by atoms with van der Waals surface area (Å²) in [7, 11) is 0. The van der Waals surface area contributed by atoms with Crippen molar-refractivity contribution >= 4 is 46.4 Å². The van der Waals surface area contributed by atoms with Crippen LogP contribution in [0.25, 0.3) is 0 Å². The van der Waals surface area contributed by atoms with Crippen molar-refractivity contribution in [3.8, 4) is 5.75 Å². The number of aromatic hydroxyl groups is 1. The third-order valence-corrected chi connectivity index (χ3v) is 6.28. The second kappa shape index (κ2) is 7.57. The van der Waals surface area contributed by atoms with Gasteiger partial charge in [-0.25, -0.2) is 9.96 Å². The maximum atomic E-state index is 13.5. The van der Waals surface area contributed by atoms with Crippen molar-refractivity contribution in [2.45, 2.75) is 12.1 Å². The number of nitrogens with zero attached hydrogens (tertiary/aromatic N) is 2. The number of halogens is 2. The van der Waals surface area contributed by atoms with E-state index in [0.29, 0.717) is 22.0 Å². The summed E-state index contributed by atoms with van der Waals surface area (Å²) >= 11 is 12.1. The van der Waals surface area contributed by atoms with Gasteiger partial charge in [-0.05, 0) is 36.4 Å². The van der Waals surface area contributed by atoms with Crippen molar-refractivity contribution in [3.05, 3.63) is 88.4 Å². The Hall–Kier alpha value is -3.06. The second-order valence-electron chi connectivity index (χ2n) is 7.33. The summed E-state index contributed by atoms with van der Waals surface area (Å²) in [5.74, 6) is -1.76. The molecule has 2 aliphatic rings. The van der Waals surface area contributed by atoms with Crippen LogP contribution >= 0.6 is 23.2 Å². The van der Waals surface area contributed by atoms with Gasteiger partial charge in [0.15, 0.2) is 6.10 Å². The maximum absolute atomic E-state index is 13.5. The molecule has 3 aromatic rings. The van der Waals surface area contributed by atoms with Gasteiger partial charge in [0.25, 0.3) is 5.91 Å². The summed E-state index contributed by atoms with van der Waals surface area (Å²) in [6.45, 7) is 0. The molecule has 2 saturated heterocycles. The van der Waals surface area contributed by atoms with Crippen LogP contribution in [0.3, 0.4) is 0 Å². The highest BCUT2D eigenvalue weighted by atomic mass is 35.5. The van der Waals surface area contributed by atoms with Crippen LogP contribution in [0.4, 0.5) is 11.4 Å². The summed E-state index contributed by atoms with van der Waals surface area (Å²) in [6.07, 6.45) is -1.04. The number of carbonyl (C=O) groups is 2. The minimum Gasteiger partial charge on any atom is -0.508 e. The molecule has 0 aromatic heterocycles. The fraction of sp³-hybridized carbons (Fsp3) is 0.130. The Morgan fingerprint density at radius 1 is 0.806 bits per heavy atom. The van der Waals surface area contributed by atoms with E-state index in [9.17, 15) is 14.7 Å². The molecule has 3 aromatic carbocycles. The van der Waals surface area contributed by atoms with Crippen LogP contribution in [0.5, 0.6) is 5.75 Å². The minimum absolute atomic E-state index is 0.0194. The van der Waals surface area contributed by atoms with Gasteiger partial charge < -0.3 is 5.11 Å². The SMILES string of the molecule is O=C1[C@H]2[C@@H](c3ccccc3O)N(c3ccccc3)O[C@H]2C(=O)N1c1ccc(Cl)c(Cl)c1. The smallest absolute Gasteiger partial charge is 0.266 e. The number of fused-ring (bicyclic) bond motifs is 1.